The maximum atomic E-state index is 11.8. The molecule has 8 nitrogen and oxygen atoms in total. The number of nitrogens with zero attached hydrogens (tertiary/aromatic N) is 3. The Morgan fingerprint density at radius 3 is 2.06 bits per heavy atom. The quantitative estimate of drug-likeness (QED) is 0.393. The van der Waals surface area contributed by atoms with E-state index in [1.165, 1.54) is 13.3 Å². The number of nitriles is 2. The van der Waals surface area contributed by atoms with Gasteiger partial charge in [-0.3, -0.25) is 0 Å². The van der Waals surface area contributed by atoms with Crippen LogP contribution in [0.25, 0.3) is 21.8 Å². The lowest BCUT2D eigenvalue weighted by atomic mass is 10.1. The van der Waals surface area contributed by atoms with E-state index in [4.69, 9.17) is 43.2 Å². The molecule has 0 amide bonds. The third-order valence-corrected chi connectivity index (χ3v) is 6.64. The van der Waals surface area contributed by atoms with Crippen molar-refractivity contribution in [1.29, 1.82) is 10.5 Å². The minimum absolute atomic E-state index is 0.0884. The highest BCUT2D eigenvalue weighted by atomic mass is 35.5. The Bertz CT molecular complexity index is 1560. The first-order valence-corrected chi connectivity index (χ1v) is 12.4. The number of hydrogen-bond acceptors (Lipinski definition) is 6. The van der Waals surface area contributed by atoms with Gasteiger partial charge in [0, 0.05) is 35.3 Å². The van der Waals surface area contributed by atoms with E-state index in [2.05, 4.69) is 11.1 Å². The zero-order valence-electron chi connectivity index (χ0n) is 18.5. The third-order valence-electron chi connectivity index (χ3n) is 5.03. The SMILES string of the molecule is COc1cc(Cl)c2c(CC#N)c[nH]c2c1.COc1cc(Cl)c2c(CC#N)cn(S(C)(=O)=O)c2c1. The molecule has 0 bridgehead atoms. The largest absolute Gasteiger partial charge is 0.497 e. The minimum Gasteiger partial charge on any atom is -0.497 e. The van der Waals surface area contributed by atoms with Gasteiger partial charge in [-0.15, -0.1) is 0 Å². The van der Waals surface area contributed by atoms with Gasteiger partial charge in [0.05, 0.1) is 66.5 Å². The molecular weight excluding hydrogens is 499 g/mol. The van der Waals surface area contributed by atoms with Crippen molar-refractivity contribution in [3.05, 3.63) is 57.8 Å². The lowest BCUT2D eigenvalue weighted by Gasteiger charge is -2.05. The van der Waals surface area contributed by atoms with Crippen molar-refractivity contribution in [2.45, 2.75) is 12.8 Å². The second-order valence-electron chi connectivity index (χ2n) is 7.23. The number of aromatic nitrogens is 2. The van der Waals surface area contributed by atoms with Crippen molar-refractivity contribution in [2.24, 2.45) is 0 Å². The topological polar surface area (TPSA) is 121 Å². The molecule has 4 rings (SSSR count). The van der Waals surface area contributed by atoms with Gasteiger partial charge in [-0.2, -0.15) is 10.5 Å². The highest BCUT2D eigenvalue weighted by Gasteiger charge is 2.18. The van der Waals surface area contributed by atoms with Crippen LogP contribution in [0.15, 0.2) is 36.7 Å². The number of benzene rings is 2. The molecule has 0 saturated carbocycles. The number of rotatable bonds is 5. The van der Waals surface area contributed by atoms with Gasteiger partial charge in [0.1, 0.15) is 11.5 Å². The molecule has 0 aliphatic heterocycles. The van der Waals surface area contributed by atoms with Crippen LogP contribution in [-0.2, 0) is 22.9 Å². The smallest absolute Gasteiger partial charge is 0.236 e. The Kier molecular flexibility index (Phi) is 7.63. The summed E-state index contributed by atoms with van der Waals surface area (Å²) in [6.07, 6.45) is 4.76. The van der Waals surface area contributed by atoms with Crippen molar-refractivity contribution in [2.75, 3.05) is 20.5 Å². The minimum atomic E-state index is -3.48. The molecule has 0 unspecified atom stereocenters. The molecule has 2 aromatic carbocycles. The lowest BCUT2D eigenvalue weighted by molar-refractivity contribution is 0.415. The number of H-pyrrole nitrogens is 1. The van der Waals surface area contributed by atoms with Gasteiger partial charge in [-0.25, -0.2) is 12.4 Å². The molecule has 0 aliphatic carbocycles. The van der Waals surface area contributed by atoms with Gasteiger partial charge >= 0.3 is 0 Å². The second-order valence-corrected chi connectivity index (χ2v) is 9.91. The summed E-state index contributed by atoms with van der Waals surface area (Å²) in [6, 6.07) is 10.9. The molecule has 4 aromatic rings. The molecule has 34 heavy (non-hydrogen) atoms. The van der Waals surface area contributed by atoms with Crippen molar-refractivity contribution in [3.8, 4) is 23.6 Å². The van der Waals surface area contributed by atoms with Crippen molar-refractivity contribution < 1.29 is 17.9 Å². The van der Waals surface area contributed by atoms with Gasteiger partial charge in [0.2, 0.25) is 10.0 Å². The van der Waals surface area contributed by atoms with Crippen LogP contribution in [0, 0.1) is 22.7 Å². The summed E-state index contributed by atoms with van der Waals surface area (Å²) in [4.78, 5) is 3.07. The summed E-state index contributed by atoms with van der Waals surface area (Å²) in [7, 11) is -0.408. The first-order valence-electron chi connectivity index (χ1n) is 9.80. The number of aromatic amines is 1. The third kappa shape index (κ3) is 5.07. The Hall–Kier alpha value is -3.37. The predicted octanol–water partition coefficient (Wildman–Crippen LogP) is 5.07. The molecule has 11 heteroatoms. The second kappa shape index (κ2) is 10.3. The fourth-order valence-electron chi connectivity index (χ4n) is 3.55. The highest BCUT2D eigenvalue weighted by molar-refractivity contribution is 7.89. The van der Waals surface area contributed by atoms with Crippen LogP contribution in [0.5, 0.6) is 11.5 Å². The van der Waals surface area contributed by atoms with E-state index in [0.29, 0.717) is 44.4 Å². The first-order chi connectivity index (χ1) is 16.1. The van der Waals surface area contributed by atoms with Gasteiger partial charge < -0.3 is 14.5 Å². The summed E-state index contributed by atoms with van der Waals surface area (Å²) in [5.74, 6) is 1.17. The molecule has 0 radical (unpaired) electrons. The summed E-state index contributed by atoms with van der Waals surface area (Å²) in [5.41, 5.74) is 2.80. The van der Waals surface area contributed by atoms with Gasteiger partial charge in [-0.05, 0) is 23.3 Å². The lowest BCUT2D eigenvalue weighted by Crippen LogP contribution is -2.08. The maximum Gasteiger partial charge on any atom is 0.236 e. The highest BCUT2D eigenvalue weighted by Crippen LogP contribution is 2.34. The normalized spacial score (nSPS) is 10.9. The van der Waals surface area contributed by atoms with Crippen molar-refractivity contribution in [1.82, 2.24) is 8.96 Å². The van der Waals surface area contributed by atoms with Crippen LogP contribution in [0.4, 0.5) is 0 Å². The van der Waals surface area contributed by atoms with E-state index in [9.17, 15) is 8.42 Å². The standard InChI is InChI=1S/C12H11ClN2O3S.C11H9ClN2O/c1-18-9-5-10(13)12-8(3-4-14)7-15(11(12)6-9)19(2,16)17;1-15-8-4-9(12)11-7(2-3-13)6-14-10(11)5-8/h5-7H,3H2,1-2H3;4-6,14H,2H2,1H3. The zero-order valence-corrected chi connectivity index (χ0v) is 20.8. The van der Waals surface area contributed by atoms with Crippen LogP contribution in [0.3, 0.4) is 0 Å². The van der Waals surface area contributed by atoms with Crippen LogP contribution in [-0.4, -0.2) is 37.8 Å². The zero-order chi connectivity index (χ0) is 25.0. The average molecular weight is 519 g/mol. The Labute approximate surface area is 206 Å². The molecule has 0 aliphatic rings. The molecule has 0 fully saturated rings. The number of fused-ring (bicyclic) bond motifs is 2. The van der Waals surface area contributed by atoms with Gasteiger partial charge in [0.15, 0.2) is 0 Å². The first kappa shape index (κ1) is 25.3. The Morgan fingerprint density at radius 2 is 1.50 bits per heavy atom. The molecule has 2 aromatic heterocycles. The van der Waals surface area contributed by atoms with Gasteiger partial charge in [0.25, 0.3) is 0 Å². The fourth-order valence-corrected chi connectivity index (χ4v) is 5.02. The van der Waals surface area contributed by atoms with Crippen LogP contribution < -0.4 is 9.47 Å². The number of methoxy groups -OCH3 is 2. The van der Waals surface area contributed by atoms with Crippen molar-refractivity contribution >= 4 is 55.0 Å². The van der Waals surface area contributed by atoms with E-state index in [1.54, 1.807) is 31.5 Å². The molecule has 1 N–H and O–H groups in total. The van der Waals surface area contributed by atoms with Crippen LogP contribution >= 0.6 is 23.2 Å². The molecule has 0 atom stereocenters. The average Bonchev–Trinajstić information content (AvgIpc) is 3.36. The van der Waals surface area contributed by atoms with Crippen molar-refractivity contribution in [3.63, 3.8) is 0 Å². The van der Waals surface area contributed by atoms with Crippen LogP contribution in [0.2, 0.25) is 10.0 Å². The van der Waals surface area contributed by atoms with E-state index >= 15 is 0 Å². The summed E-state index contributed by atoms with van der Waals surface area (Å²) >= 11 is 12.3. The van der Waals surface area contributed by atoms with E-state index in [0.717, 1.165) is 26.7 Å². The Balaban J connectivity index is 0.000000196. The predicted molar refractivity (Wildman–Crippen MR) is 132 cm³/mol. The van der Waals surface area contributed by atoms with E-state index in [-0.39, 0.29) is 6.42 Å². The number of ether oxygens (including phenoxy) is 2. The molecule has 0 spiro atoms. The molecule has 2 heterocycles. The fraction of sp³-hybridized carbons (Fsp3) is 0.217. The summed E-state index contributed by atoms with van der Waals surface area (Å²) < 4.78 is 34.8. The summed E-state index contributed by atoms with van der Waals surface area (Å²) in [6.45, 7) is 0. The van der Waals surface area contributed by atoms with E-state index in [1.807, 2.05) is 12.1 Å². The van der Waals surface area contributed by atoms with Crippen LogP contribution in [0.1, 0.15) is 11.1 Å². The molecular formula is C23H20Cl2N4O4S. The number of hydrogen-bond donors (Lipinski definition) is 1. The molecule has 176 valence electrons. The number of halogens is 2. The van der Waals surface area contributed by atoms with Gasteiger partial charge in [-0.1, -0.05) is 23.2 Å². The molecule has 0 saturated heterocycles. The number of nitrogens with one attached hydrogen (secondary N) is 1. The summed E-state index contributed by atoms with van der Waals surface area (Å²) in [5, 5.41) is 19.9. The monoisotopic (exact) mass is 518 g/mol. The Morgan fingerprint density at radius 1 is 0.941 bits per heavy atom. The van der Waals surface area contributed by atoms with E-state index < -0.39 is 10.0 Å². The maximum absolute atomic E-state index is 11.8.